The molecule has 1 aliphatic rings. The summed E-state index contributed by atoms with van der Waals surface area (Å²) < 4.78 is 38.4. The SMILES string of the molecule is COc1ccc(Oc2cc(NC(=O)Cn3nc(C4CC4)cc3C(F)F)cc([N+](=O)[O-])c2)cc1. The van der Waals surface area contributed by atoms with E-state index in [0.717, 1.165) is 23.6 Å². The van der Waals surface area contributed by atoms with Gasteiger partial charge in [0.1, 0.15) is 29.5 Å². The number of carbonyl (C=O) groups excluding carboxylic acids is 1. The van der Waals surface area contributed by atoms with Gasteiger partial charge in [-0.1, -0.05) is 0 Å². The second kappa shape index (κ2) is 9.23. The molecule has 0 atom stereocenters. The molecule has 1 aromatic heterocycles. The molecule has 0 unspecified atom stereocenters. The Morgan fingerprint density at radius 3 is 2.48 bits per heavy atom. The standard InChI is InChI=1S/C22H20F2N4O5/c1-32-16-4-6-17(7-5-16)33-18-9-14(8-15(10-18)28(30)31)25-21(29)12-27-20(22(23)24)11-19(26-27)13-2-3-13/h4-11,13,22H,2-3,12H2,1H3,(H,25,29). The third-order valence-electron chi connectivity index (χ3n) is 5.02. The van der Waals surface area contributed by atoms with Crippen molar-refractivity contribution in [3.05, 3.63) is 70.0 Å². The van der Waals surface area contributed by atoms with Crippen molar-refractivity contribution in [1.29, 1.82) is 0 Å². The third kappa shape index (κ3) is 5.43. The van der Waals surface area contributed by atoms with Gasteiger partial charge in [0.25, 0.3) is 12.1 Å². The van der Waals surface area contributed by atoms with Crippen molar-refractivity contribution in [2.24, 2.45) is 0 Å². The number of nitrogens with zero attached hydrogens (tertiary/aromatic N) is 3. The minimum absolute atomic E-state index is 0.0888. The number of benzene rings is 2. The molecule has 1 amide bonds. The van der Waals surface area contributed by atoms with Gasteiger partial charge in [-0.25, -0.2) is 8.78 Å². The Balaban J connectivity index is 1.52. The molecule has 33 heavy (non-hydrogen) atoms. The van der Waals surface area contributed by atoms with Crippen LogP contribution >= 0.6 is 0 Å². The third-order valence-corrected chi connectivity index (χ3v) is 5.02. The number of nitro groups is 1. The van der Waals surface area contributed by atoms with Crippen LogP contribution in [-0.4, -0.2) is 27.7 Å². The van der Waals surface area contributed by atoms with Gasteiger partial charge in [-0.3, -0.25) is 19.6 Å². The lowest BCUT2D eigenvalue weighted by Gasteiger charge is -2.11. The number of amides is 1. The Bertz CT molecular complexity index is 1180. The van der Waals surface area contributed by atoms with Crippen LogP contribution in [0, 0.1) is 10.1 Å². The zero-order valence-corrected chi connectivity index (χ0v) is 17.5. The fourth-order valence-corrected chi connectivity index (χ4v) is 3.27. The molecule has 0 bridgehead atoms. The number of methoxy groups -OCH3 is 1. The van der Waals surface area contributed by atoms with Crippen molar-refractivity contribution in [2.75, 3.05) is 12.4 Å². The van der Waals surface area contributed by atoms with Gasteiger partial charge in [-0.15, -0.1) is 0 Å². The highest BCUT2D eigenvalue weighted by Gasteiger charge is 2.29. The molecule has 0 saturated heterocycles. The number of aromatic nitrogens is 2. The monoisotopic (exact) mass is 458 g/mol. The molecule has 1 N–H and O–H groups in total. The summed E-state index contributed by atoms with van der Waals surface area (Å²) in [7, 11) is 1.52. The van der Waals surface area contributed by atoms with E-state index in [1.165, 1.54) is 25.3 Å². The van der Waals surface area contributed by atoms with Gasteiger partial charge in [0, 0.05) is 18.1 Å². The van der Waals surface area contributed by atoms with Crippen molar-refractivity contribution >= 4 is 17.3 Å². The maximum absolute atomic E-state index is 13.4. The van der Waals surface area contributed by atoms with Crippen LogP contribution in [0.25, 0.3) is 0 Å². The zero-order valence-electron chi connectivity index (χ0n) is 17.5. The van der Waals surface area contributed by atoms with Gasteiger partial charge in [0.15, 0.2) is 0 Å². The summed E-state index contributed by atoms with van der Waals surface area (Å²) in [6.45, 7) is -0.455. The van der Waals surface area contributed by atoms with Crippen molar-refractivity contribution in [2.45, 2.75) is 31.7 Å². The first-order valence-corrected chi connectivity index (χ1v) is 10.1. The van der Waals surface area contributed by atoms with Gasteiger partial charge in [-0.2, -0.15) is 5.10 Å². The van der Waals surface area contributed by atoms with E-state index in [-0.39, 0.29) is 28.7 Å². The number of alkyl halides is 2. The number of rotatable bonds is 9. The highest BCUT2D eigenvalue weighted by molar-refractivity contribution is 5.91. The van der Waals surface area contributed by atoms with Crippen molar-refractivity contribution in [3.8, 4) is 17.2 Å². The highest BCUT2D eigenvalue weighted by atomic mass is 19.3. The molecule has 0 radical (unpaired) electrons. The molecule has 1 fully saturated rings. The lowest BCUT2D eigenvalue weighted by atomic mass is 10.2. The number of halogens is 2. The largest absolute Gasteiger partial charge is 0.497 e. The molecule has 1 aliphatic carbocycles. The fraction of sp³-hybridized carbons (Fsp3) is 0.273. The Hall–Kier alpha value is -4.02. The number of nitro benzene ring substituents is 1. The van der Waals surface area contributed by atoms with Gasteiger partial charge in [-0.05, 0) is 43.2 Å². The number of hydrogen-bond acceptors (Lipinski definition) is 6. The Morgan fingerprint density at radius 1 is 1.18 bits per heavy atom. The van der Waals surface area contributed by atoms with Crippen LogP contribution < -0.4 is 14.8 Å². The molecule has 172 valence electrons. The summed E-state index contributed by atoms with van der Waals surface area (Å²) in [4.78, 5) is 23.2. The van der Waals surface area contributed by atoms with Crippen LogP contribution in [0.5, 0.6) is 17.2 Å². The van der Waals surface area contributed by atoms with E-state index in [2.05, 4.69) is 10.4 Å². The van der Waals surface area contributed by atoms with Crippen molar-refractivity contribution in [3.63, 3.8) is 0 Å². The topological polar surface area (TPSA) is 109 Å². The highest BCUT2D eigenvalue weighted by Crippen LogP contribution is 2.40. The summed E-state index contributed by atoms with van der Waals surface area (Å²) in [5, 5.41) is 18.0. The molecule has 11 heteroatoms. The smallest absolute Gasteiger partial charge is 0.280 e. The molecule has 2 aromatic carbocycles. The van der Waals surface area contributed by atoms with Gasteiger partial charge < -0.3 is 14.8 Å². The van der Waals surface area contributed by atoms with Gasteiger partial charge in [0.05, 0.1) is 29.5 Å². The Morgan fingerprint density at radius 2 is 1.88 bits per heavy atom. The second-order valence-corrected chi connectivity index (χ2v) is 7.53. The van der Waals surface area contributed by atoms with E-state index in [9.17, 15) is 23.7 Å². The first-order valence-electron chi connectivity index (χ1n) is 10.1. The first-order chi connectivity index (χ1) is 15.8. The van der Waals surface area contributed by atoms with E-state index in [1.54, 1.807) is 24.3 Å². The van der Waals surface area contributed by atoms with Crippen LogP contribution in [0.4, 0.5) is 20.2 Å². The summed E-state index contributed by atoms with van der Waals surface area (Å²) in [6.07, 6.45) is -1.01. The maximum atomic E-state index is 13.4. The molecule has 9 nitrogen and oxygen atoms in total. The van der Waals surface area contributed by atoms with E-state index < -0.39 is 23.8 Å². The summed E-state index contributed by atoms with van der Waals surface area (Å²) >= 11 is 0. The zero-order chi connectivity index (χ0) is 23.5. The lowest BCUT2D eigenvalue weighted by molar-refractivity contribution is -0.384. The van der Waals surface area contributed by atoms with E-state index in [0.29, 0.717) is 17.2 Å². The average Bonchev–Trinajstić information content (AvgIpc) is 3.54. The van der Waals surface area contributed by atoms with Crippen LogP contribution in [-0.2, 0) is 11.3 Å². The number of hydrogen-bond donors (Lipinski definition) is 1. The summed E-state index contributed by atoms with van der Waals surface area (Å²) in [5.41, 5.74) is -0.0104. The number of anilines is 1. The number of non-ortho nitro benzene ring substituents is 1. The van der Waals surface area contributed by atoms with Crippen LogP contribution in [0.15, 0.2) is 48.5 Å². The Kier molecular flexibility index (Phi) is 6.20. The lowest BCUT2D eigenvalue weighted by Crippen LogP contribution is -2.21. The van der Waals surface area contributed by atoms with Gasteiger partial charge in [0.2, 0.25) is 5.91 Å². The van der Waals surface area contributed by atoms with E-state index >= 15 is 0 Å². The van der Waals surface area contributed by atoms with Crippen LogP contribution in [0.1, 0.15) is 36.6 Å². The molecule has 4 rings (SSSR count). The molecule has 0 aliphatic heterocycles. The van der Waals surface area contributed by atoms with Crippen molar-refractivity contribution in [1.82, 2.24) is 9.78 Å². The number of nitrogens with one attached hydrogen (secondary N) is 1. The normalized spacial score (nSPS) is 13.1. The molecule has 0 spiro atoms. The molecule has 3 aromatic rings. The summed E-state index contributed by atoms with van der Waals surface area (Å²) in [6, 6.07) is 11.7. The van der Waals surface area contributed by atoms with Crippen LogP contribution in [0.2, 0.25) is 0 Å². The first kappa shape index (κ1) is 22.2. The van der Waals surface area contributed by atoms with E-state index in [1.807, 2.05) is 0 Å². The quantitative estimate of drug-likeness (QED) is 0.355. The predicted molar refractivity (Wildman–Crippen MR) is 114 cm³/mol. The van der Waals surface area contributed by atoms with Crippen LogP contribution in [0.3, 0.4) is 0 Å². The predicted octanol–water partition coefficient (Wildman–Crippen LogP) is 5.05. The number of ether oxygens (including phenoxy) is 2. The second-order valence-electron chi connectivity index (χ2n) is 7.53. The minimum Gasteiger partial charge on any atom is -0.497 e. The van der Waals surface area contributed by atoms with E-state index in [4.69, 9.17) is 9.47 Å². The average molecular weight is 458 g/mol. The minimum atomic E-state index is -2.78. The molecular formula is C22H20F2N4O5. The Labute approximate surface area is 187 Å². The van der Waals surface area contributed by atoms with Crippen molar-refractivity contribution < 1.29 is 28.0 Å². The summed E-state index contributed by atoms with van der Waals surface area (Å²) in [5.74, 6) is 0.632. The number of carbonyl (C=O) groups is 1. The molecule has 1 saturated carbocycles. The van der Waals surface area contributed by atoms with Gasteiger partial charge >= 0.3 is 0 Å². The maximum Gasteiger partial charge on any atom is 0.280 e. The molecular weight excluding hydrogens is 438 g/mol. The molecule has 1 heterocycles. The fourth-order valence-electron chi connectivity index (χ4n) is 3.27.